The summed E-state index contributed by atoms with van der Waals surface area (Å²) in [5, 5.41) is 22.8. The van der Waals surface area contributed by atoms with E-state index in [1.54, 1.807) is 0 Å². The maximum absolute atomic E-state index is 12.8. The van der Waals surface area contributed by atoms with Crippen LogP contribution in [0.15, 0.2) is 59.8 Å². The molecule has 2 aromatic carbocycles. The minimum Gasteiger partial charge on any atom is -0.325 e. The van der Waals surface area contributed by atoms with E-state index in [0.717, 1.165) is 31.0 Å². The number of nitrogens with zero attached hydrogens (tertiary/aromatic N) is 5. The molecule has 1 aromatic heterocycles. The molecule has 0 radical (unpaired) electrons. The van der Waals surface area contributed by atoms with E-state index in [1.807, 2.05) is 25.1 Å². The first kappa shape index (κ1) is 23.9. The second-order valence-electron chi connectivity index (χ2n) is 8.36. The second kappa shape index (κ2) is 11.3. The van der Waals surface area contributed by atoms with Gasteiger partial charge in [-0.3, -0.25) is 19.8 Å². The summed E-state index contributed by atoms with van der Waals surface area (Å²) in [6.07, 6.45) is 3.68. The highest BCUT2D eigenvalue weighted by atomic mass is 32.2. The number of aromatic nitrogens is 3. The molecule has 1 fully saturated rings. The number of carbonyl (C=O) groups excluding carboxylic acids is 1. The first-order valence-corrected chi connectivity index (χ1v) is 12.3. The van der Waals surface area contributed by atoms with Gasteiger partial charge in [0.2, 0.25) is 5.91 Å². The smallest absolute Gasteiger partial charge is 0.269 e. The maximum atomic E-state index is 12.8. The summed E-state index contributed by atoms with van der Waals surface area (Å²) in [4.78, 5) is 25.6. The number of thioether (sulfide) groups is 1. The van der Waals surface area contributed by atoms with Gasteiger partial charge in [-0.25, -0.2) is 0 Å². The van der Waals surface area contributed by atoms with Crippen LogP contribution in [0.2, 0.25) is 0 Å². The lowest BCUT2D eigenvalue weighted by Gasteiger charge is -2.26. The van der Waals surface area contributed by atoms with Crippen LogP contribution in [0.3, 0.4) is 0 Å². The standard InChI is InChI=1S/C24H28N6O3S/c1-18(23(31)25-20-10-12-21(13-11-20)30(32)33)34-24-27-26-22(17-28-14-6-3-7-15-28)29(24)16-19-8-4-2-5-9-19/h2,4-5,8-13,18H,3,6-7,14-17H2,1H3,(H,25,31). The topological polar surface area (TPSA) is 106 Å². The molecule has 34 heavy (non-hydrogen) atoms. The highest BCUT2D eigenvalue weighted by Gasteiger charge is 2.22. The fourth-order valence-corrected chi connectivity index (χ4v) is 4.75. The normalized spacial score (nSPS) is 15.1. The Morgan fingerprint density at radius 3 is 2.44 bits per heavy atom. The van der Waals surface area contributed by atoms with Crippen molar-refractivity contribution in [3.05, 3.63) is 76.1 Å². The highest BCUT2D eigenvalue weighted by Crippen LogP contribution is 2.26. The quantitative estimate of drug-likeness (QED) is 0.276. The third-order valence-corrected chi connectivity index (χ3v) is 6.87. The van der Waals surface area contributed by atoms with Crippen LogP contribution in [0.4, 0.5) is 11.4 Å². The fraction of sp³-hybridized carbons (Fsp3) is 0.375. The number of rotatable bonds is 9. The number of benzene rings is 2. The molecule has 0 aliphatic carbocycles. The van der Waals surface area contributed by atoms with Gasteiger partial charge in [0, 0.05) is 17.8 Å². The molecule has 4 rings (SSSR count). The van der Waals surface area contributed by atoms with Crippen LogP contribution in [-0.2, 0) is 17.9 Å². The molecule has 1 aliphatic rings. The Hall–Kier alpha value is -3.24. The number of amides is 1. The first-order chi connectivity index (χ1) is 16.5. The minimum atomic E-state index is -0.467. The number of piperidine rings is 1. The second-order valence-corrected chi connectivity index (χ2v) is 9.67. The van der Waals surface area contributed by atoms with E-state index < -0.39 is 10.2 Å². The molecule has 2 heterocycles. The first-order valence-electron chi connectivity index (χ1n) is 11.4. The van der Waals surface area contributed by atoms with Gasteiger partial charge in [0.25, 0.3) is 5.69 Å². The summed E-state index contributed by atoms with van der Waals surface area (Å²) in [6.45, 7) is 5.32. The van der Waals surface area contributed by atoms with Crippen molar-refractivity contribution < 1.29 is 9.72 Å². The van der Waals surface area contributed by atoms with E-state index in [0.29, 0.717) is 17.4 Å². The van der Waals surface area contributed by atoms with E-state index in [1.165, 1.54) is 55.3 Å². The van der Waals surface area contributed by atoms with Crippen molar-refractivity contribution in [2.24, 2.45) is 0 Å². The summed E-state index contributed by atoms with van der Waals surface area (Å²) in [5.41, 5.74) is 1.64. The van der Waals surface area contributed by atoms with Crippen LogP contribution in [0.5, 0.6) is 0 Å². The molecule has 0 saturated carbocycles. The molecule has 1 atom stereocenters. The fourth-order valence-electron chi connectivity index (χ4n) is 3.89. The third kappa shape index (κ3) is 6.21. The molecule has 0 bridgehead atoms. The Balaban J connectivity index is 1.47. The molecular formula is C24H28N6O3S. The van der Waals surface area contributed by atoms with Crippen molar-refractivity contribution in [1.82, 2.24) is 19.7 Å². The van der Waals surface area contributed by atoms with Gasteiger partial charge < -0.3 is 9.88 Å². The SMILES string of the molecule is CC(Sc1nnc(CN2CCCCC2)n1Cc1ccccc1)C(=O)Nc1ccc([N+](=O)[O-])cc1. The molecule has 1 unspecified atom stereocenters. The Morgan fingerprint density at radius 2 is 1.76 bits per heavy atom. The Bertz CT molecular complexity index is 1110. The molecule has 10 heteroatoms. The summed E-state index contributed by atoms with van der Waals surface area (Å²) in [6, 6.07) is 16.0. The summed E-state index contributed by atoms with van der Waals surface area (Å²) >= 11 is 1.36. The van der Waals surface area contributed by atoms with Crippen molar-refractivity contribution in [2.45, 2.75) is 49.7 Å². The highest BCUT2D eigenvalue weighted by molar-refractivity contribution is 8.00. The molecule has 1 amide bonds. The Morgan fingerprint density at radius 1 is 1.06 bits per heavy atom. The summed E-state index contributed by atoms with van der Waals surface area (Å²) in [5.74, 6) is 0.696. The van der Waals surface area contributed by atoms with E-state index in [9.17, 15) is 14.9 Å². The largest absolute Gasteiger partial charge is 0.325 e. The molecule has 1 aliphatic heterocycles. The average Bonchev–Trinajstić information content (AvgIpc) is 3.21. The molecule has 3 aromatic rings. The van der Waals surface area contributed by atoms with Gasteiger partial charge in [-0.05, 0) is 50.6 Å². The van der Waals surface area contributed by atoms with Crippen LogP contribution >= 0.6 is 11.8 Å². The van der Waals surface area contributed by atoms with Gasteiger partial charge in [0.15, 0.2) is 5.16 Å². The number of carbonyl (C=O) groups is 1. The maximum Gasteiger partial charge on any atom is 0.269 e. The van der Waals surface area contributed by atoms with E-state index in [2.05, 4.69) is 37.1 Å². The van der Waals surface area contributed by atoms with Crippen LogP contribution < -0.4 is 5.32 Å². The predicted molar refractivity (Wildman–Crippen MR) is 132 cm³/mol. The lowest BCUT2D eigenvalue weighted by atomic mass is 10.1. The van der Waals surface area contributed by atoms with E-state index in [4.69, 9.17) is 0 Å². The zero-order valence-corrected chi connectivity index (χ0v) is 19.9. The molecule has 1 N–H and O–H groups in total. The predicted octanol–water partition coefficient (Wildman–Crippen LogP) is 4.34. The van der Waals surface area contributed by atoms with Gasteiger partial charge in [-0.1, -0.05) is 48.5 Å². The lowest BCUT2D eigenvalue weighted by molar-refractivity contribution is -0.384. The minimum absolute atomic E-state index is 0.0179. The number of anilines is 1. The van der Waals surface area contributed by atoms with Gasteiger partial charge in [-0.15, -0.1) is 10.2 Å². The number of nitrogens with one attached hydrogen (secondary N) is 1. The van der Waals surface area contributed by atoms with Crippen LogP contribution in [0.1, 0.15) is 37.6 Å². The summed E-state index contributed by atoms with van der Waals surface area (Å²) < 4.78 is 2.10. The zero-order valence-electron chi connectivity index (χ0n) is 19.1. The van der Waals surface area contributed by atoms with Gasteiger partial charge in [-0.2, -0.15) is 0 Å². The van der Waals surface area contributed by atoms with Crippen molar-refractivity contribution in [2.75, 3.05) is 18.4 Å². The monoisotopic (exact) mass is 480 g/mol. The van der Waals surface area contributed by atoms with Crippen LogP contribution in [0, 0.1) is 10.1 Å². The van der Waals surface area contributed by atoms with E-state index >= 15 is 0 Å². The van der Waals surface area contributed by atoms with E-state index in [-0.39, 0.29) is 11.6 Å². The zero-order chi connectivity index (χ0) is 23.9. The molecular weight excluding hydrogens is 452 g/mol. The number of nitro benzene ring substituents is 1. The number of likely N-dealkylation sites (tertiary alicyclic amines) is 1. The number of non-ortho nitro benzene ring substituents is 1. The van der Waals surface area contributed by atoms with Gasteiger partial charge in [0.1, 0.15) is 5.82 Å². The van der Waals surface area contributed by atoms with Crippen molar-refractivity contribution in [3.8, 4) is 0 Å². The lowest BCUT2D eigenvalue weighted by Crippen LogP contribution is -2.30. The van der Waals surface area contributed by atoms with Crippen LogP contribution in [0.25, 0.3) is 0 Å². The van der Waals surface area contributed by atoms with Crippen LogP contribution in [-0.4, -0.2) is 48.8 Å². The average molecular weight is 481 g/mol. The molecule has 178 valence electrons. The molecule has 9 nitrogen and oxygen atoms in total. The van der Waals surface area contributed by atoms with Crippen molar-refractivity contribution in [3.63, 3.8) is 0 Å². The molecule has 0 spiro atoms. The number of hydrogen-bond acceptors (Lipinski definition) is 7. The third-order valence-electron chi connectivity index (χ3n) is 5.79. The number of nitro groups is 1. The van der Waals surface area contributed by atoms with Gasteiger partial charge in [0.05, 0.1) is 23.3 Å². The Labute approximate surface area is 202 Å². The number of hydrogen-bond donors (Lipinski definition) is 1. The van der Waals surface area contributed by atoms with Crippen molar-refractivity contribution >= 4 is 29.0 Å². The summed E-state index contributed by atoms with van der Waals surface area (Å²) in [7, 11) is 0. The molecule has 1 saturated heterocycles. The Kier molecular flexibility index (Phi) is 7.91. The van der Waals surface area contributed by atoms with Gasteiger partial charge >= 0.3 is 0 Å². The van der Waals surface area contributed by atoms with Crippen molar-refractivity contribution in [1.29, 1.82) is 0 Å².